The van der Waals surface area contributed by atoms with Gasteiger partial charge in [-0.15, -0.1) is 0 Å². The van der Waals surface area contributed by atoms with Crippen molar-refractivity contribution < 1.29 is 10.2 Å². The van der Waals surface area contributed by atoms with Crippen molar-refractivity contribution in [2.45, 2.75) is 5.41 Å². The van der Waals surface area contributed by atoms with Gasteiger partial charge in [0.15, 0.2) is 0 Å². The molecule has 0 amide bonds. The van der Waals surface area contributed by atoms with E-state index in [2.05, 4.69) is 109 Å². The van der Waals surface area contributed by atoms with Crippen molar-refractivity contribution in [3.63, 3.8) is 0 Å². The molecule has 0 unspecified atom stereocenters. The van der Waals surface area contributed by atoms with Gasteiger partial charge in [-0.3, -0.25) is 0 Å². The van der Waals surface area contributed by atoms with E-state index in [1.807, 2.05) is 48.5 Å². The summed E-state index contributed by atoms with van der Waals surface area (Å²) >= 11 is 0. The van der Waals surface area contributed by atoms with E-state index >= 15 is 0 Å². The Labute approximate surface area is 261 Å². The number of hydrogen-bond donors (Lipinski definition) is 2. The molecule has 0 fully saturated rings. The van der Waals surface area contributed by atoms with E-state index in [1.165, 1.54) is 33.0 Å². The molecule has 0 atom stereocenters. The summed E-state index contributed by atoms with van der Waals surface area (Å²) in [5, 5.41) is 28.1. The van der Waals surface area contributed by atoms with Gasteiger partial charge < -0.3 is 10.2 Å². The topological polar surface area (TPSA) is 40.5 Å². The maximum Gasteiger partial charge on any atom is 0.123 e. The molecule has 0 aromatic heterocycles. The Morgan fingerprint density at radius 1 is 0.333 bits per heavy atom. The van der Waals surface area contributed by atoms with Crippen LogP contribution < -0.4 is 0 Å². The van der Waals surface area contributed by atoms with Crippen molar-refractivity contribution in [3.8, 4) is 33.8 Å². The molecule has 0 saturated carbocycles. The third kappa shape index (κ3) is 3.57. The molecule has 0 heterocycles. The molecular formula is C43H28O2. The second kappa shape index (κ2) is 9.57. The minimum atomic E-state index is -0.737. The summed E-state index contributed by atoms with van der Waals surface area (Å²) < 4.78 is 0. The van der Waals surface area contributed by atoms with E-state index in [1.54, 1.807) is 0 Å². The van der Waals surface area contributed by atoms with Gasteiger partial charge in [-0.2, -0.15) is 0 Å². The van der Waals surface area contributed by atoms with Crippen LogP contribution in [0.5, 0.6) is 11.5 Å². The molecule has 8 aromatic rings. The van der Waals surface area contributed by atoms with Crippen LogP contribution in [0.1, 0.15) is 22.3 Å². The van der Waals surface area contributed by atoms with Gasteiger partial charge >= 0.3 is 0 Å². The summed E-state index contributed by atoms with van der Waals surface area (Å²) in [5.41, 5.74) is 8.48. The number of aromatic hydroxyl groups is 2. The Hall–Kier alpha value is -5.86. The molecule has 1 aliphatic rings. The molecular weight excluding hydrogens is 548 g/mol. The maximum atomic E-state index is 11.0. The normalized spacial score (nSPS) is 13.2. The Balaban J connectivity index is 1.46. The number of hydrogen-bond acceptors (Lipinski definition) is 2. The monoisotopic (exact) mass is 576 g/mol. The standard InChI is InChI=1S/C43H28O2/c44-41-23-21-38(32-12-3-5-14-35(32)41)43(39-22-24-42(45)36-15-6-4-13-33(36)39)37-16-8-7-11-31(37)34-20-19-30(26-40(34)43)29-18-17-27-9-1-2-10-28(27)25-29/h1-26,44-45H. The number of phenolic OH excluding ortho intramolecular Hbond substituents is 2. The predicted octanol–water partition coefficient (Wildman–Crippen LogP) is 10.6. The molecule has 2 N–H and O–H groups in total. The lowest BCUT2D eigenvalue weighted by Crippen LogP contribution is -2.29. The van der Waals surface area contributed by atoms with Crippen LogP contribution in [-0.2, 0) is 5.41 Å². The highest BCUT2D eigenvalue weighted by molar-refractivity contribution is 6.01. The molecule has 0 saturated heterocycles. The summed E-state index contributed by atoms with van der Waals surface area (Å²) in [7, 11) is 0. The van der Waals surface area contributed by atoms with E-state index < -0.39 is 5.41 Å². The fraction of sp³-hybridized carbons (Fsp3) is 0.0233. The van der Waals surface area contributed by atoms with E-state index in [0.717, 1.165) is 43.8 Å². The fourth-order valence-electron chi connectivity index (χ4n) is 7.77. The zero-order chi connectivity index (χ0) is 30.1. The van der Waals surface area contributed by atoms with Crippen LogP contribution in [0.15, 0.2) is 158 Å². The zero-order valence-corrected chi connectivity index (χ0v) is 24.4. The summed E-state index contributed by atoms with van der Waals surface area (Å²) in [6, 6.07) is 54.8. The molecule has 8 aromatic carbocycles. The lowest BCUT2D eigenvalue weighted by molar-refractivity contribution is 0.481. The molecule has 2 nitrogen and oxygen atoms in total. The predicted molar refractivity (Wildman–Crippen MR) is 185 cm³/mol. The molecule has 45 heavy (non-hydrogen) atoms. The third-order valence-corrected chi connectivity index (χ3v) is 9.74. The fourth-order valence-corrected chi connectivity index (χ4v) is 7.77. The van der Waals surface area contributed by atoms with Crippen molar-refractivity contribution in [2.75, 3.05) is 0 Å². The summed E-state index contributed by atoms with van der Waals surface area (Å²) in [6.07, 6.45) is 0. The lowest BCUT2D eigenvalue weighted by atomic mass is 9.65. The molecule has 0 bridgehead atoms. The van der Waals surface area contributed by atoms with E-state index in [9.17, 15) is 10.2 Å². The van der Waals surface area contributed by atoms with Crippen molar-refractivity contribution in [1.82, 2.24) is 0 Å². The van der Waals surface area contributed by atoms with Crippen molar-refractivity contribution in [3.05, 3.63) is 180 Å². The van der Waals surface area contributed by atoms with Crippen LogP contribution in [0.25, 0.3) is 54.6 Å². The highest BCUT2D eigenvalue weighted by Gasteiger charge is 2.48. The first-order chi connectivity index (χ1) is 22.1. The average molecular weight is 577 g/mol. The van der Waals surface area contributed by atoms with E-state index in [4.69, 9.17) is 0 Å². The van der Waals surface area contributed by atoms with Gasteiger partial charge in [-0.1, -0.05) is 133 Å². The van der Waals surface area contributed by atoms with Crippen LogP contribution in [-0.4, -0.2) is 10.2 Å². The lowest BCUT2D eigenvalue weighted by Gasteiger charge is -2.36. The molecule has 0 spiro atoms. The van der Waals surface area contributed by atoms with Crippen LogP contribution in [0.3, 0.4) is 0 Å². The SMILES string of the molecule is Oc1ccc(C2(c3ccc(O)c4ccccc34)c3ccccc3-c3ccc(-c4ccc5ccccc5c4)cc32)c2ccccc12. The van der Waals surface area contributed by atoms with Gasteiger partial charge in [0.25, 0.3) is 0 Å². The van der Waals surface area contributed by atoms with E-state index in [0.29, 0.717) is 0 Å². The molecule has 0 radical (unpaired) electrons. The first-order valence-corrected chi connectivity index (χ1v) is 15.3. The van der Waals surface area contributed by atoms with Gasteiger partial charge in [0.05, 0.1) is 5.41 Å². The Bertz CT molecular complexity index is 2390. The number of rotatable bonds is 3. The number of phenols is 2. The smallest absolute Gasteiger partial charge is 0.123 e. The third-order valence-electron chi connectivity index (χ3n) is 9.74. The van der Waals surface area contributed by atoms with Crippen LogP contribution in [0, 0.1) is 0 Å². The Morgan fingerprint density at radius 3 is 1.53 bits per heavy atom. The second-order valence-corrected chi connectivity index (χ2v) is 12.0. The number of benzene rings is 8. The van der Waals surface area contributed by atoms with Gasteiger partial charge in [0.1, 0.15) is 11.5 Å². The zero-order valence-electron chi connectivity index (χ0n) is 24.4. The average Bonchev–Trinajstić information content (AvgIpc) is 3.39. The van der Waals surface area contributed by atoms with Crippen LogP contribution >= 0.6 is 0 Å². The number of fused-ring (bicyclic) bond motifs is 6. The largest absolute Gasteiger partial charge is 0.507 e. The first kappa shape index (κ1) is 25.6. The minimum absolute atomic E-state index is 0.261. The van der Waals surface area contributed by atoms with Gasteiger partial charge in [0.2, 0.25) is 0 Å². The van der Waals surface area contributed by atoms with Gasteiger partial charge in [0, 0.05) is 10.8 Å². The maximum absolute atomic E-state index is 11.0. The van der Waals surface area contributed by atoms with Gasteiger partial charge in [-0.25, -0.2) is 0 Å². The summed E-state index contributed by atoms with van der Waals surface area (Å²) in [6.45, 7) is 0. The van der Waals surface area contributed by atoms with Crippen LogP contribution in [0.4, 0.5) is 0 Å². The summed E-state index contributed by atoms with van der Waals surface area (Å²) in [4.78, 5) is 0. The Kier molecular flexibility index (Phi) is 5.45. The van der Waals surface area contributed by atoms with E-state index in [-0.39, 0.29) is 11.5 Å². The highest BCUT2D eigenvalue weighted by atomic mass is 16.3. The molecule has 212 valence electrons. The van der Waals surface area contributed by atoms with Crippen molar-refractivity contribution >= 4 is 32.3 Å². The molecule has 2 heteroatoms. The minimum Gasteiger partial charge on any atom is -0.507 e. The molecule has 0 aliphatic heterocycles. The molecule has 1 aliphatic carbocycles. The van der Waals surface area contributed by atoms with Crippen molar-refractivity contribution in [2.24, 2.45) is 0 Å². The van der Waals surface area contributed by atoms with Crippen LogP contribution in [0.2, 0.25) is 0 Å². The Morgan fingerprint density at radius 2 is 0.844 bits per heavy atom. The molecule has 9 rings (SSSR count). The quantitative estimate of drug-likeness (QED) is 0.220. The van der Waals surface area contributed by atoms with Gasteiger partial charge in [-0.05, 0) is 90.3 Å². The highest BCUT2D eigenvalue weighted by Crippen LogP contribution is 2.59. The summed E-state index contributed by atoms with van der Waals surface area (Å²) in [5.74, 6) is 0.521. The first-order valence-electron chi connectivity index (χ1n) is 15.3. The van der Waals surface area contributed by atoms with Crippen molar-refractivity contribution in [1.29, 1.82) is 0 Å². The second-order valence-electron chi connectivity index (χ2n) is 12.0.